The standard InChI is InChI=1S/C23H25ClFN9/c24-14-4-5-17-18(10-14)30-19(29-17)12-27-21-20-22(32-23(31-21)33-8-6-26-7-9-33)34(13-28-20)16-3-1-2-15(25)11-16/h1-5,10-11,13,17-18,23,26,32H,6-9,12H2,(H,27,31)(H,29,30). The number of aliphatic imine (C=N–C) groups is 2. The summed E-state index contributed by atoms with van der Waals surface area (Å²) in [6.45, 7) is 3.98. The lowest BCUT2D eigenvalue weighted by atomic mass is 10.1. The minimum atomic E-state index is -0.295. The van der Waals surface area contributed by atoms with Gasteiger partial charge in [0.05, 0.1) is 24.3 Å². The fourth-order valence-corrected chi connectivity index (χ4v) is 4.83. The van der Waals surface area contributed by atoms with E-state index < -0.39 is 0 Å². The van der Waals surface area contributed by atoms with Crippen LogP contribution in [0.15, 0.2) is 63.8 Å². The number of hydrogen-bond donors (Lipinski definition) is 4. The largest absolute Gasteiger partial charge is 0.363 e. The molecule has 4 heterocycles. The van der Waals surface area contributed by atoms with Gasteiger partial charge in [0.25, 0.3) is 0 Å². The maximum Gasteiger partial charge on any atom is 0.157 e. The van der Waals surface area contributed by atoms with Gasteiger partial charge in [-0.1, -0.05) is 23.7 Å². The van der Waals surface area contributed by atoms with Gasteiger partial charge < -0.3 is 21.3 Å². The van der Waals surface area contributed by atoms with E-state index in [1.54, 1.807) is 12.4 Å². The number of rotatable bonds is 4. The van der Waals surface area contributed by atoms with Crippen molar-refractivity contribution in [2.45, 2.75) is 18.4 Å². The first-order valence-electron chi connectivity index (χ1n) is 11.4. The molecule has 11 heteroatoms. The minimum absolute atomic E-state index is 0.0371. The third kappa shape index (κ3) is 4.08. The molecule has 34 heavy (non-hydrogen) atoms. The third-order valence-electron chi connectivity index (χ3n) is 6.33. The number of halogens is 2. The Morgan fingerprint density at radius 2 is 2.06 bits per heavy atom. The molecule has 176 valence electrons. The molecule has 9 nitrogen and oxygen atoms in total. The van der Waals surface area contributed by atoms with E-state index in [0.29, 0.717) is 28.8 Å². The second kappa shape index (κ2) is 8.86. The van der Waals surface area contributed by atoms with Crippen LogP contribution >= 0.6 is 11.6 Å². The zero-order valence-electron chi connectivity index (χ0n) is 18.4. The van der Waals surface area contributed by atoms with Crippen LogP contribution in [-0.2, 0) is 0 Å². The highest BCUT2D eigenvalue weighted by Gasteiger charge is 2.32. The number of hydrogen-bond acceptors (Lipinski definition) is 7. The molecule has 3 unspecified atom stereocenters. The van der Waals surface area contributed by atoms with Crippen LogP contribution < -0.4 is 21.3 Å². The summed E-state index contributed by atoms with van der Waals surface area (Å²) in [4.78, 5) is 16.5. The fraction of sp³-hybridized carbons (Fsp3) is 0.348. The molecule has 4 N–H and O–H groups in total. The molecular weight excluding hydrogens is 457 g/mol. The van der Waals surface area contributed by atoms with Crippen LogP contribution in [0.1, 0.15) is 5.69 Å². The highest BCUT2D eigenvalue weighted by Crippen LogP contribution is 2.26. The summed E-state index contributed by atoms with van der Waals surface area (Å²) in [5.74, 6) is 1.96. The number of benzene rings is 1. The van der Waals surface area contributed by atoms with E-state index >= 15 is 0 Å². The molecular formula is C23H25ClFN9. The van der Waals surface area contributed by atoms with Gasteiger partial charge in [-0.05, 0) is 30.4 Å². The molecule has 0 spiro atoms. The highest BCUT2D eigenvalue weighted by atomic mass is 35.5. The molecule has 0 amide bonds. The summed E-state index contributed by atoms with van der Waals surface area (Å²) in [6.07, 6.45) is 7.38. The van der Waals surface area contributed by atoms with Crippen LogP contribution in [0.25, 0.3) is 5.69 Å². The number of nitrogens with zero attached hydrogens (tertiary/aromatic N) is 5. The smallest absolute Gasteiger partial charge is 0.157 e. The Kier molecular flexibility index (Phi) is 5.56. The number of fused-ring (bicyclic) bond motifs is 2. The van der Waals surface area contributed by atoms with Gasteiger partial charge in [-0.25, -0.2) is 9.37 Å². The molecule has 6 rings (SSSR count). The first-order chi connectivity index (χ1) is 16.6. The molecule has 3 aliphatic heterocycles. The van der Waals surface area contributed by atoms with Crippen LogP contribution in [0.3, 0.4) is 0 Å². The Labute approximate surface area is 201 Å². The quantitative estimate of drug-likeness (QED) is 0.527. The second-order valence-corrected chi connectivity index (χ2v) is 9.02. The summed E-state index contributed by atoms with van der Waals surface area (Å²) in [6, 6.07) is 6.58. The SMILES string of the molecule is Fc1cccc(-n2cnc3c2NC(N2CCNCC2)NC3=NCC2=NC3C=CC(Cl)=CC3N2)c1. The van der Waals surface area contributed by atoms with Crippen LogP contribution in [0.5, 0.6) is 0 Å². The number of nitrogens with one attached hydrogen (secondary N) is 4. The van der Waals surface area contributed by atoms with Crippen molar-refractivity contribution in [2.75, 3.05) is 38.0 Å². The monoisotopic (exact) mass is 481 g/mol. The molecule has 1 fully saturated rings. The van der Waals surface area contributed by atoms with E-state index in [9.17, 15) is 4.39 Å². The van der Waals surface area contributed by atoms with Gasteiger partial charge in [-0.15, -0.1) is 0 Å². The minimum Gasteiger partial charge on any atom is -0.363 e. The van der Waals surface area contributed by atoms with Gasteiger partial charge in [0, 0.05) is 31.2 Å². The zero-order chi connectivity index (χ0) is 23.1. The molecule has 3 atom stereocenters. The van der Waals surface area contributed by atoms with E-state index in [0.717, 1.165) is 37.8 Å². The summed E-state index contributed by atoms with van der Waals surface area (Å²) >= 11 is 6.13. The number of anilines is 1. The third-order valence-corrected chi connectivity index (χ3v) is 6.58. The van der Waals surface area contributed by atoms with Crippen molar-refractivity contribution in [3.05, 3.63) is 65.4 Å². The van der Waals surface area contributed by atoms with Gasteiger partial charge in [-0.2, -0.15) is 0 Å². The number of amidine groups is 2. The van der Waals surface area contributed by atoms with Crippen molar-refractivity contribution in [3.8, 4) is 5.69 Å². The summed E-state index contributed by atoms with van der Waals surface area (Å²) < 4.78 is 15.8. The van der Waals surface area contributed by atoms with Gasteiger partial charge >= 0.3 is 0 Å². The average Bonchev–Trinajstić information content (AvgIpc) is 3.46. The van der Waals surface area contributed by atoms with Crippen LogP contribution in [0.2, 0.25) is 0 Å². The highest BCUT2D eigenvalue weighted by molar-refractivity contribution is 6.31. The first kappa shape index (κ1) is 21.3. The lowest BCUT2D eigenvalue weighted by Crippen LogP contribution is -2.60. The van der Waals surface area contributed by atoms with Crippen LogP contribution in [0, 0.1) is 5.82 Å². The van der Waals surface area contributed by atoms with Gasteiger partial charge in [-0.3, -0.25) is 19.5 Å². The number of imidazole rings is 1. The van der Waals surface area contributed by atoms with Crippen molar-refractivity contribution in [3.63, 3.8) is 0 Å². The lowest BCUT2D eigenvalue weighted by molar-refractivity contribution is 0.177. The Morgan fingerprint density at radius 3 is 2.91 bits per heavy atom. The molecule has 0 radical (unpaired) electrons. The average molecular weight is 482 g/mol. The zero-order valence-corrected chi connectivity index (χ0v) is 19.1. The van der Waals surface area contributed by atoms with Gasteiger partial charge in [0.1, 0.15) is 29.5 Å². The van der Waals surface area contributed by atoms with Crippen LogP contribution in [-0.4, -0.2) is 77.2 Å². The van der Waals surface area contributed by atoms with E-state index in [2.05, 4.69) is 31.2 Å². The van der Waals surface area contributed by atoms with E-state index in [4.69, 9.17) is 21.6 Å². The first-order valence-corrected chi connectivity index (χ1v) is 11.8. The lowest BCUT2D eigenvalue weighted by Gasteiger charge is -2.39. The molecule has 0 bridgehead atoms. The fourth-order valence-electron chi connectivity index (χ4n) is 4.62. The molecule has 4 aliphatic rings. The Hall–Kier alpha value is -3.21. The molecule has 1 saturated heterocycles. The summed E-state index contributed by atoms with van der Waals surface area (Å²) in [5, 5.41) is 14.5. The van der Waals surface area contributed by atoms with E-state index in [1.807, 2.05) is 28.9 Å². The maximum atomic E-state index is 13.9. The Bertz CT molecular complexity index is 1210. The van der Waals surface area contributed by atoms with E-state index in [-0.39, 0.29) is 24.2 Å². The number of allylic oxidation sites excluding steroid dienone is 2. The van der Waals surface area contributed by atoms with Crippen molar-refractivity contribution in [2.24, 2.45) is 9.98 Å². The van der Waals surface area contributed by atoms with Gasteiger partial charge in [0.15, 0.2) is 12.1 Å². The molecule has 2 aromatic rings. The molecule has 1 aromatic heterocycles. The maximum absolute atomic E-state index is 13.9. The predicted molar refractivity (Wildman–Crippen MR) is 131 cm³/mol. The van der Waals surface area contributed by atoms with Gasteiger partial charge in [0.2, 0.25) is 0 Å². The van der Waals surface area contributed by atoms with Crippen molar-refractivity contribution >= 4 is 29.1 Å². The molecule has 1 aliphatic carbocycles. The molecule has 1 aromatic carbocycles. The van der Waals surface area contributed by atoms with Crippen molar-refractivity contribution in [1.29, 1.82) is 0 Å². The van der Waals surface area contributed by atoms with E-state index in [1.165, 1.54) is 12.1 Å². The Morgan fingerprint density at radius 1 is 1.18 bits per heavy atom. The number of piperazine rings is 1. The van der Waals surface area contributed by atoms with Crippen molar-refractivity contribution < 1.29 is 4.39 Å². The topological polar surface area (TPSA) is 93.9 Å². The second-order valence-electron chi connectivity index (χ2n) is 8.58. The molecule has 0 saturated carbocycles. The number of aromatic nitrogens is 2. The van der Waals surface area contributed by atoms with Crippen LogP contribution in [0.4, 0.5) is 10.2 Å². The predicted octanol–water partition coefficient (Wildman–Crippen LogP) is 1.39. The summed E-state index contributed by atoms with van der Waals surface area (Å²) in [5.41, 5.74) is 1.39. The Balaban J connectivity index is 1.31. The summed E-state index contributed by atoms with van der Waals surface area (Å²) in [7, 11) is 0. The normalized spacial score (nSPS) is 27.2. The van der Waals surface area contributed by atoms with Crippen molar-refractivity contribution in [1.82, 2.24) is 30.4 Å².